The molecule has 1 aromatic rings. The van der Waals surface area contributed by atoms with Gasteiger partial charge in [-0.05, 0) is 51.7 Å². The highest BCUT2D eigenvalue weighted by atomic mass is 16.5. The lowest BCUT2D eigenvalue weighted by molar-refractivity contribution is -0.0893. The topological polar surface area (TPSA) is 59.0 Å². The molecule has 5 nitrogen and oxygen atoms in total. The molecular weight excluding hydrogens is 293 g/mol. The first-order valence-corrected chi connectivity index (χ1v) is 7.96. The second kappa shape index (κ2) is 6.17. The van der Waals surface area contributed by atoms with E-state index in [9.17, 15) is 9.90 Å². The zero-order valence-electron chi connectivity index (χ0n) is 14.9. The zero-order valence-corrected chi connectivity index (χ0v) is 14.9. The Balaban J connectivity index is 2.25. The van der Waals surface area contributed by atoms with E-state index in [1.807, 2.05) is 32.9 Å². The van der Waals surface area contributed by atoms with Crippen LogP contribution < -0.4 is 10.2 Å². The minimum atomic E-state index is -0.956. The van der Waals surface area contributed by atoms with E-state index in [0.29, 0.717) is 31.9 Å². The molecule has 1 heterocycles. The highest BCUT2D eigenvalue weighted by Crippen LogP contribution is 2.30. The van der Waals surface area contributed by atoms with Gasteiger partial charge in [0.05, 0.1) is 23.9 Å². The van der Waals surface area contributed by atoms with Gasteiger partial charge in [0.15, 0.2) is 0 Å². The van der Waals surface area contributed by atoms with Gasteiger partial charge in [-0.3, -0.25) is 4.79 Å². The quantitative estimate of drug-likeness (QED) is 0.801. The summed E-state index contributed by atoms with van der Waals surface area (Å²) < 4.78 is 11.3. The van der Waals surface area contributed by atoms with Crippen molar-refractivity contribution < 1.29 is 19.3 Å². The summed E-state index contributed by atoms with van der Waals surface area (Å²) in [7, 11) is 1.92. The maximum absolute atomic E-state index is 12.3. The van der Waals surface area contributed by atoms with E-state index in [-0.39, 0.29) is 5.91 Å². The molecule has 23 heavy (non-hydrogen) atoms. The monoisotopic (exact) mass is 319 g/mol. The summed E-state index contributed by atoms with van der Waals surface area (Å²) in [6, 6.07) is 3.84. The molecule has 0 unspecified atom stereocenters. The Morgan fingerprint density at radius 1 is 1.30 bits per heavy atom. The van der Waals surface area contributed by atoms with Crippen molar-refractivity contribution in [1.82, 2.24) is 4.90 Å². The number of benzene rings is 1. The lowest BCUT2D eigenvalue weighted by Gasteiger charge is -2.37. The van der Waals surface area contributed by atoms with E-state index in [2.05, 4.69) is 0 Å². The summed E-state index contributed by atoms with van der Waals surface area (Å²) in [5, 5.41) is 10.2. The smallest absolute Gasteiger partial charge is 0.309 e. The van der Waals surface area contributed by atoms with Crippen LogP contribution in [0.5, 0.6) is 5.75 Å². The second-order valence-corrected chi connectivity index (χ2v) is 7.01. The highest BCUT2D eigenvalue weighted by molar-refractivity contribution is 6.47. The molecule has 0 aliphatic carbocycles. The summed E-state index contributed by atoms with van der Waals surface area (Å²) >= 11 is 0. The van der Waals surface area contributed by atoms with Crippen LogP contribution in [0.4, 0.5) is 0 Å². The predicted molar refractivity (Wildman–Crippen MR) is 91.7 cm³/mol. The van der Waals surface area contributed by atoms with Gasteiger partial charge in [0, 0.05) is 13.1 Å². The minimum absolute atomic E-state index is 0.0173. The fourth-order valence-electron chi connectivity index (χ4n) is 2.48. The average molecular weight is 319 g/mol. The molecule has 126 valence electrons. The van der Waals surface area contributed by atoms with Gasteiger partial charge in [0.25, 0.3) is 5.91 Å². The number of ether oxygens (including phenoxy) is 1. The summed E-state index contributed by atoms with van der Waals surface area (Å²) in [5.41, 5.74) is 0.909. The van der Waals surface area contributed by atoms with Gasteiger partial charge in [-0.15, -0.1) is 0 Å². The van der Waals surface area contributed by atoms with Crippen LogP contribution in [0.2, 0.25) is 0 Å². The fourth-order valence-corrected chi connectivity index (χ4v) is 2.48. The Bertz CT molecular complexity index is 607. The number of fused-ring (bicyclic) bond motifs is 1. The van der Waals surface area contributed by atoms with Crippen molar-refractivity contribution >= 4 is 18.9 Å². The summed E-state index contributed by atoms with van der Waals surface area (Å²) in [4.78, 5) is 14.1. The third-order valence-corrected chi connectivity index (χ3v) is 4.78. The van der Waals surface area contributed by atoms with Crippen molar-refractivity contribution in [1.29, 1.82) is 0 Å². The standard InChI is InChI=1S/C17H26BNO4/c1-7-19-10-11-8-12(9-13(22-6)14(11)15(19)20)18-23-17(4,5)16(2,3)21/h8-9,18,21H,7,10H2,1-6H3. The van der Waals surface area contributed by atoms with Crippen molar-refractivity contribution in [3.63, 3.8) is 0 Å². The van der Waals surface area contributed by atoms with Crippen molar-refractivity contribution in [3.8, 4) is 5.75 Å². The largest absolute Gasteiger partial charge is 0.496 e. The van der Waals surface area contributed by atoms with Crippen LogP contribution >= 0.6 is 0 Å². The van der Waals surface area contributed by atoms with Crippen LogP contribution in [-0.4, -0.2) is 48.3 Å². The molecule has 6 heteroatoms. The molecular formula is C17H26BNO4. The maximum atomic E-state index is 12.3. The van der Waals surface area contributed by atoms with Crippen LogP contribution in [0.1, 0.15) is 50.5 Å². The molecule has 0 saturated heterocycles. The normalized spacial score (nSPS) is 14.9. The van der Waals surface area contributed by atoms with Gasteiger partial charge in [-0.1, -0.05) is 6.07 Å². The van der Waals surface area contributed by atoms with Crippen LogP contribution in [0.25, 0.3) is 0 Å². The Labute approximate surface area is 138 Å². The Morgan fingerprint density at radius 3 is 2.48 bits per heavy atom. The van der Waals surface area contributed by atoms with Gasteiger partial charge in [0.2, 0.25) is 0 Å². The molecule has 1 aliphatic heterocycles. The number of amides is 1. The van der Waals surface area contributed by atoms with Crippen LogP contribution in [0.3, 0.4) is 0 Å². The van der Waals surface area contributed by atoms with Crippen molar-refractivity contribution in [3.05, 3.63) is 23.3 Å². The lowest BCUT2D eigenvalue weighted by atomic mass is 9.81. The number of carbonyl (C=O) groups is 1. The predicted octanol–water partition coefficient (Wildman–Crippen LogP) is 1.21. The Kier molecular flexibility index (Phi) is 4.78. The molecule has 0 fully saturated rings. The molecule has 0 atom stereocenters. The minimum Gasteiger partial charge on any atom is -0.496 e. The lowest BCUT2D eigenvalue weighted by Crippen LogP contribution is -2.49. The van der Waals surface area contributed by atoms with E-state index in [0.717, 1.165) is 11.0 Å². The molecule has 0 aromatic heterocycles. The molecule has 1 N–H and O–H groups in total. The van der Waals surface area contributed by atoms with E-state index in [1.54, 1.807) is 25.9 Å². The first-order chi connectivity index (χ1) is 10.6. The molecule has 2 rings (SSSR count). The van der Waals surface area contributed by atoms with Crippen molar-refractivity contribution in [2.75, 3.05) is 13.7 Å². The number of rotatable bonds is 6. The molecule has 0 radical (unpaired) electrons. The maximum Gasteiger partial charge on any atom is 0.309 e. The summed E-state index contributed by atoms with van der Waals surface area (Å²) in [6.07, 6.45) is 0. The summed E-state index contributed by atoms with van der Waals surface area (Å²) in [6.45, 7) is 10.4. The number of hydrogen-bond acceptors (Lipinski definition) is 4. The van der Waals surface area contributed by atoms with Gasteiger partial charge in [0.1, 0.15) is 5.75 Å². The zero-order chi connectivity index (χ0) is 17.4. The number of hydrogen-bond donors (Lipinski definition) is 1. The highest BCUT2D eigenvalue weighted by Gasteiger charge is 2.36. The first-order valence-electron chi connectivity index (χ1n) is 7.96. The number of carbonyl (C=O) groups excluding carboxylic acids is 1. The molecule has 0 saturated carbocycles. The van der Waals surface area contributed by atoms with E-state index in [1.165, 1.54) is 0 Å². The van der Waals surface area contributed by atoms with E-state index in [4.69, 9.17) is 9.39 Å². The molecule has 1 aromatic carbocycles. The average Bonchev–Trinajstić information content (AvgIpc) is 2.79. The number of methoxy groups -OCH3 is 1. The number of nitrogens with zero attached hydrogens (tertiary/aromatic N) is 1. The van der Waals surface area contributed by atoms with E-state index >= 15 is 0 Å². The molecule has 1 amide bonds. The fraction of sp³-hybridized carbons (Fsp3) is 0.588. The van der Waals surface area contributed by atoms with E-state index < -0.39 is 11.2 Å². The SMILES string of the molecule is CCN1Cc2cc(BOC(C)(C)C(C)(C)O)cc(OC)c2C1=O. The third kappa shape index (κ3) is 3.38. The summed E-state index contributed by atoms with van der Waals surface area (Å²) in [5.74, 6) is 0.603. The van der Waals surface area contributed by atoms with Crippen LogP contribution in [0, 0.1) is 0 Å². The third-order valence-electron chi connectivity index (χ3n) is 4.78. The first kappa shape index (κ1) is 17.8. The molecule has 0 bridgehead atoms. The Morgan fingerprint density at radius 2 is 1.96 bits per heavy atom. The van der Waals surface area contributed by atoms with Crippen molar-refractivity contribution in [2.45, 2.75) is 52.4 Å². The van der Waals surface area contributed by atoms with Gasteiger partial charge >= 0.3 is 7.48 Å². The van der Waals surface area contributed by atoms with Gasteiger partial charge < -0.3 is 19.4 Å². The van der Waals surface area contributed by atoms with Gasteiger partial charge in [-0.25, -0.2) is 0 Å². The van der Waals surface area contributed by atoms with Crippen molar-refractivity contribution in [2.24, 2.45) is 0 Å². The second-order valence-electron chi connectivity index (χ2n) is 7.01. The number of aliphatic hydroxyl groups is 1. The van der Waals surface area contributed by atoms with Gasteiger partial charge in [-0.2, -0.15) is 0 Å². The van der Waals surface area contributed by atoms with Crippen LogP contribution in [-0.2, 0) is 11.2 Å². The van der Waals surface area contributed by atoms with Crippen LogP contribution in [0.15, 0.2) is 12.1 Å². The molecule has 0 spiro atoms. The molecule has 1 aliphatic rings. The Hall–Kier alpha value is -1.53.